The normalized spacial score (nSPS) is 23.4. The number of hydrogen-bond acceptors (Lipinski definition) is 3. The summed E-state index contributed by atoms with van der Waals surface area (Å²) < 4.78 is 0. The van der Waals surface area contributed by atoms with Gasteiger partial charge in [0.25, 0.3) is 5.91 Å². The molecule has 18 heavy (non-hydrogen) atoms. The Kier molecular flexibility index (Phi) is 3.57. The fourth-order valence-electron chi connectivity index (χ4n) is 2.66. The summed E-state index contributed by atoms with van der Waals surface area (Å²) in [6.07, 6.45) is 0.933. The maximum atomic E-state index is 12.5. The molecule has 98 valence electrons. The molecule has 1 saturated heterocycles. The van der Waals surface area contributed by atoms with E-state index >= 15 is 0 Å². The van der Waals surface area contributed by atoms with Gasteiger partial charge in [-0.05, 0) is 30.9 Å². The Morgan fingerprint density at radius 2 is 2.28 bits per heavy atom. The highest BCUT2D eigenvalue weighted by Gasteiger charge is 2.35. The molecule has 0 aliphatic carbocycles. The second-order valence-electron chi connectivity index (χ2n) is 5.05. The van der Waals surface area contributed by atoms with E-state index in [-0.39, 0.29) is 18.6 Å². The van der Waals surface area contributed by atoms with Gasteiger partial charge in [0.1, 0.15) is 0 Å². The molecule has 4 nitrogen and oxygen atoms in total. The average Bonchev–Trinajstić information content (AvgIpc) is 2.69. The monoisotopic (exact) mass is 248 g/mol. The van der Waals surface area contributed by atoms with Crippen LogP contribution in [0.25, 0.3) is 0 Å². The lowest BCUT2D eigenvalue weighted by atomic mass is 10.0. The third-order valence-electron chi connectivity index (χ3n) is 3.85. The predicted octanol–water partition coefficient (Wildman–Crippen LogP) is 1.42. The molecule has 0 saturated carbocycles. The van der Waals surface area contributed by atoms with Gasteiger partial charge in [-0.2, -0.15) is 0 Å². The van der Waals surface area contributed by atoms with Crippen LogP contribution >= 0.6 is 0 Å². The first kappa shape index (κ1) is 12.9. The summed E-state index contributed by atoms with van der Waals surface area (Å²) in [5.41, 5.74) is 7.87. The SMILES string of the molecule is Cc1cccc(N)c1C(=O)N1CCC(C)C1CO. The van der Waals surface area contributed by atoms with Crippen LogP contribution in [0.15, 0.2) is 18.2 Å². The molecule has 4 heteroatoms. The number of hydrogen-bond donors (Lipinski definition) is 2. The second-order valence-corrected chi connectivity index (χ2v) is 5.05. The highest BCUT2D eigenvalue weighted by molar-refractivity contribution is 6.00. The van der Waals surface area contributed by atoms with Crippen LogP contribution in [0.4, 0.5) is 5.69 Å². The molecule has 1 aliphatic rings. The molecular weight excluding hydrogens is 228 g/mol. The minimum absolute atomic E-state index is 0.0126. The van der Waals surface area contributed by atoms with E-state index in [0.29, 0.717) is 23.7 Å². The molecule has 0 bridgehead atoms. The zero-order valence-electron chi connectivity index (χ0n) is 10.9. The first-order valence-electron chi connectivity index (χ1n) is 6.33. The molecule has 2 unspecified atom stereocenters. The number of nitrogen functional groups attached to an aromatic ring is 1. The fourth-order valence-corrected chi connectivity index (χ4v) is 2.66. The van der Waals surface area contributed by atoms with Gasteiger partial charge in [0, 0.05) is 12.2 Å². The summed E-state index contributed by atoms with van der Waals surface area (Å²) in [4.78, 5) is 14.3. The summed E-state index contributed by atoms with van der Waals surface area (Å²) in [5, 5.41) is 9.42. The lowest BCUT2D eigenvalue weighted by Crippen LogP contribution is -2.40. The number of nitrogens with two attached hydrogens (primary N) is 1. The Labute approximate surface area is 107 Å². The van der Waals surface area contributed by atoms with E-state index < -0.39 is 0 Å². The number of carbonyl (C=O) groups excluding carboxylic acids is 1. The van der Waals surface area contributed by atoms with E-state index in [1.165, 1.54) is 0 Å². The second kappa shape index (κ2) is 4.98. The topological polar surface area (TPSA) is 66.6 Å². The van der Waals surface area contributed by atoms with Crippen LogP contribution in [0.3, 0.4) is 0 Å². The Morgan fingerprint density at radius 1 is 1.56 bits per heavy atom. The zero-order valence-corrected chi connectivity index (χ0v) is 10.9. The third-order valence-corrected chi connectivity index (χ3v) is 3.85. The van der Waals surface area contributed by atoms with Crippen molar-refractivity contribution >= 4 is 11.6 Å². The van der Waals surface area contributed by atoms with E-state index in [0.717, 1.165) is 12.0 Å². The third kappa shape index (κ3) is 2.08. The minimum Gasteiger partial charge on any atom is -0.398 e. The number of rotatable bonds is 2. The standard InChI is InChI=1S/C14H20N2O2/c1-9-6-7-16(12(9)8-17)14(18)13-10(2)4-3-5-11(13)15/h3-5,9,12,17H,6-8,15H2,1-2H3. The van der Waals surface area contributed by atoms with E-state index in [9.17, 15) is 9.90 Å². The number of anilines is 1. The maximum absolute atomic E-state index is 12.5. The van der Waals surface area contributed by atoms with Gasteiger partial charge in [-0.3, -0.25) is 4.79 Å². The van der Waals surface area contributed by atoms with Crippen LogP contribution in [0.2, 0.25) is 0 Å². The summed E-state index contributed by atoms with van der Waals surface area (Å²) >= 11 is 0. The molecule has 2 rings (SSSR count). The molecule has 1 aromatic carbocycles. The van der Waals surface area contributed by atoms with Gasteiger partial charge in [0.15, 0.2) is 0 Å². The predicted molar refractivity (Wildman–Crippen MR) is 71.3 cm³/mol. The Morgan fingerprint density at radius 3 is 2.89 bits per heavy atom. The van der Waals surface area contributed by atoms with Gasteiger partial charge >= 0.3 is 0 Å². The fraction of sp³-hybridized carbons (Fsp3) is 0.500. The molecule has 1 heterocycles. The van der Waals surface area contributed by atoms with Crippen molar-refractivity contribution in [2.75, 3.05) is 18.9 Å². The minimum atomic E-state index is -0.0866. The van der Waals surface area contributed by atoms with Gasteiger partial charge in [0.2, 0.25) is 0 Å². The van der Waals surface area contributed by atoms with Crippen LogP contribution < -0.4 is 5.73 Å². The molecule has 0 spiro atoms. The molecular formula is C14H20N2O2. The molecule has 0 radical (unpaired) electrons. The molecule has 1 aliphatic heterocycles. The number of aliphatic hydroxyl groups is 1. The Bertz CT molecular complexity index is 439. The van der Waals surface area contributed by atoms with Crippen molar-refractivity contribution < 1.29 is 9.90 Å². The Hall–Kier alpha value is -1.55. The Balaban J connectivity index is 2.32. The van der Waals surface area contributed by atoms with Gasteiger partial charge in [-0.15, -0.1) is 0 Å². The number of aliphatic hydroxyl groups excluding tert-OH is 1. The van der Waals surface area contributed by atoms with Crippen molar-refractivity contribution in [1.82, 2.24) is 4.90 Å². The van der Waals surface area contributed by atoms with E-state index in [1.54, 1.807) is 11.0 Å². The zero-order chi connectivity index (χ0) is 13.3. The first-order chi connectivity index (χ1) is 8.56. The number of aryl methyl sites for hydroxylation is 1. The molecule has 1 fully saturated rings. The van der Waals surface area contributed by atoms with Crippen LogP contribution in [0.1, 0.15) is 29.3 Å². The maximum Gasteiger partial charge on any atom is 0.256 e. The molecule has 1 aromatic rings. The van der Waals surface area contributed by atoms with Gasteiger partial charge in [-0.1, -0.05) is 19.1 Å². The molecule has 0 aromatic heterocycles. The van der Waals surface area contributed by atoms with Gasteiger partial charge in [0.05, 0.1) is 18.2 Å². The summed E-state index contributed by atoms with van der Waals surface area (Å²) in [6.45, 7) is 4.66. The number of likely N-dealkylation sites (tertiary alicyclic amines) is 1. The quantitative estimate of drug-likeness (QED) is 0.778. The lowest BCUT2D eigenvalue weighted by Gasteiger charge is -2.26. The lowest BCUT2D eigenvalue weighted by molar-refractivity contribution is 0.0648. The number of nitrogens with zero attached hydrogens (tertiary/aromatic N) is 1. The van der Waals surface area contributed by atoms with Crippen molar-refractivity contribution in [3.05, 3.63) is 29.3 Å². The van der Waals surface area contributed by atoms with Crippen molar-refractivity contribution in [3.63, 3.8) is 0 Å². The van der Waals surface area contributed by atoms with E-state index in [2.05, 4.69) is 6.92 Å². The smallest absolute Gasteiger partial charge is 0.256 e. The van der Waals surface area contributed by atoms with Crippen molar-refractivity contribution in [2.24, 2.45) is 5.92 Å². The number of carbonyl (C=O) groups is 1. The average molecular weight is 248 g/mol. The van der Waals surface area contributed by atoms with Crippen molar-refractivity contribution in [3.8, 4) is 0 Å². The van der Waals surface area contributed by atoms with Gasteiger partial charge in [-0.25, -0.2) is 0 Å². The van der Waals surface area contributed by atoms with Crippen LogP contribution in [0.5, 0.6) is 0 Å². The van der Waals surface area contributed by atoms with Crippen molar-refractivity contribution in [2.45, 2.75) is 26.3 Å². The molecule has 3 N–H and O–H groups in total. The highest BCUT2D eigenvalue weighted by atomic mass is 16.3. The molecule has 2 atom stereocenters. The van der Waals surface area contributed by atoms with Crippen LogP contribution in [-0.4, -0.2) is 35.1 Å². The highest BCUT2D eigenvalue weighted by Crippen LogP contribution is 2.27. The number of benzene rings is 1. The largest absolute Gasteiger partial charge is 0.398 e. The summed E-state index contributed by atoms with van der Waals surface area (Å²) in [6, 6.07) is 5.39. The summed E-state index contributed by atoms with van der Waals surface area (Å²) in [5.74, 6) is 0.276. The summed E-state index contributed by atoms with van der Waals surface area (Å²) in [7, 11) is 0. The molecule has 1 amide bonds. The van der Waals surface area contributed by atoms with Crippen LogP contribution in [-0.2, 0) is 0 Å². The van der Waals surface area contributed by atoms with Crippen LogP contribution in [0, 0.1) is 12.8 Å². The first-order valence-corrected chi connectivity index (χ1v) is 6.33. The van der Waals surface area contributed by atoms with E-state index in [4.69, 9.17) is 5.73 Å². The van der Waals surface area contributed by atoms with E-state index in [1.807, 2.05) is 19.1 Å². The van der Waals surface area contributed by atoms with Gasteiger partial charge < -0.3 is 15.7 Å². The number of amides is 1. The van der Waals surface area contributed by atoms with Crippen molar-refractivity contribution in [1.29, 1.82) is 0 Å².